The summed E-state index contributed by atoms with van der Waals surface area (Å²) >= 11 is 0. The lowest BCUT2D eigenvalue weighted by molar-refractivity contribution is -0.567. The molecule has 0 aliphatic heterocycles. The molecule has 11 heavy (non-hydrogen) atoms. The quantitative estimate of drug-likeness (QED) is 0.380. The van der Waals surface area contributed by atoms with E-state index in [2.05, 4.69) is 12.5 Å². The maximum Gasteiger partial charge on any atom is 0.249 e. The van der Waals surface area contributed by atoms with Crippen molar-refractivity contribution in [2.24, 2.45) is 0 Å². The van der Waals surface area contributed by atoms with Crippen molar-refractivity contribution < 1.29 is 21.5 Å². The van der Waals surface area contributed by atoms with Gasteiger partial charge in [-0.2, -0.15) is 0 Å². The third kappa shape index (κ3) is 2.60. The SMILES string of the molecule is C#CCn1cc[n+](C=C)c1.[Br-]. The van der Waals surface area contributed by atoms with E-state index in [0.29, 0.717) is 6.54 Å². The zero-order chi connectivity index (χ0) is 7.40. The van der Waals surface area contributed by atoms with Crippen LogP contribution in [0, 0.1) is 12.3 Å². The lowest BCUT2D eigenvalue weighted by Gasteiger charge is -1.81. The molecule has 0 fully saturated rings. The topological polar surface area (TPSA) is 8.81 Å². The Morgan fingerprint density at radius 2 is 2.45 bits per heavy atom. The second kappa shape index (κ2) is 4.75. The van der Waals surface area contributed by atoms with Crippen LogP contribution in [0.15, 0.2) is 25.3 Å². The Labute approximate surface area is 76.9 Å². The molecule has 3 heteroatoms. The highest BCUT2D eigenvalue weighted by Gasteiger charge is 1.95. The largest absolute Gasteiger partial charge is 1.00 e. The fourth-order valence-electron chi connectivity index (χ4n) is 0.718. The van der Waals surface area contributed by atoms with Crippen LogP contribution in [0.3, 0.4) is 0 Å². The fraction of sp³-hybridized carbons (Fsp3) is 0.125. The number of imidazole rings is 1. The smallest absolute Gasteiger partial charge is 0.249 e. The highest BCUT2D eigenvalue weighted by atomic mass is 79.9. The van der Waals surface area contributed by atoms with Gasteiger partial charge in [-0.1, -0.05) is 12.5 Å². The number of aromatic nitrogens is 2. The van der Waals surface area contributed by atoms with Crippen molar-refractivity contribution in [1.29, 1.82) is 0 Å². The van der Waals surface area contributed by atoms with E-state index in [1.54, 1.807) is 6.20 Å². The van der Waals surface area contributed by atoms with Gasteiger partial charge in [-0.25, -0.2) is 9.13 Å². The van der Waals surface area contributed by atoms with Gasteiger partial charge in [-0.15, -0.1) is 6.42 Å². The lowest BCUT2D eigenvalue weighted by Crippen LogP contribution is -3.00. The van der Waals surface area contributed by atoms with Crippen molar-refractivity contribution in [1.82, 2.24) is 4.57 Å². The summed E-state index contributed by atoms with van der Waals surface area (Å²) in [5.41, 5.74) is 0. The van der Waals surface area contributed by atoms with Gasteiger partial charge in [0.1, 0.15) is 12.4 Å². The number of nitrogens with zero attached hydrogens (tertiary/aromatic N) is 2. The summed E-state index contributed by atoms with van der Waals surface area (Å²) in [4.78, 5) is 0. The predicted octanol–water partition coefficient (Wildman–Crippen LogP) is -2.49. The maximum absolute atomic E-state index is 5.11. The third-order valence-electron chi connectivity index (χ3n) is 1.20. The Morgan fingerprint density at radius 3 is 2.91 bits per heavy atom. The van der Waals surface area contributed by atoms with Gasteiger partial charge >= 0.3 is 0 Å². The van der Waals surface area contributed by atoms with Gasteiger partial charge in [-0.05, 0) is 0 Å². The van der Waals surface area contributed by atoms with Crippen LogP contribution in [0.5, 0.6) is 0 Å². The molecule has 0 radical (unpaired) electrons. The molecule has 0 saturated carbocycles. The second-order valence-corrected chi connectivity index (χ2v) is 1.92. The molecule has 58 valence electrons. The normalized spacial score (nSPS) is 7.91. The molecular formula is C8H9BrN2. The summed E-state index contributed by atoms with van der Waals surface area (Å²) in [6, 6.07) is 0. The summed E-state index contributed by atoms with van der Waals surface area (Å²) in [6.45, 7) is 4.21. The van der Waals surface area contributed by atoms with Crippen molar-refractivity contribution >= 4 is 6.20 Å². The van der Waals surface area contributed by atoms with Crippen molar-refractivity contribution in [2.45, 2.75) is 6.54 Å². The summed E-state index contributed by atoms with van der Waals surface area (Å²) in [7, 11) is 0. The molecule has 0 amide bonds. The van der Waals surface area contributed by atoms with E-state index >= 15 is 0 Å². The summed E-state index contributed by atoms with van der Waals surface area (Å²) < 4.78 is 3.75. The Balaban J connectivity index is 0.000001000. The summed E-state index contributed by atoms with van der Waals surface area (Å²) in [5, 5.41) is 0. The van der Waals surface area contributed by atoms with Crippen LogP contribution in [-0.4, -0.2) is 4.57 Å². The first-order valence-corrected chi connectivity index (χ1v) is 2.99. The molecule has 2 nitrogen and oxygen atoms in total. The molecule has 1 rings (SSSR count). The van der Waals surface area contributed by atoms with Gasteiger partial charge in [0.2, 0.25) is 6.33 Å². The molecule has 1 aromatic heterocycles. The maximum atomic E-state index is 5.11. The van der Waals surface area contributed by atoms with E-state index in [1.165, 1.54) is 0 Å². The van der Waals surface area contributed by atoms with Crippen LogP contribution in [0.25, 0.3) is 6.20 Å². The molecule has 0 N–H and O–H groups in total. The molecule has 0 atom stereocenters. The number of hydrogen-bond donors (Lipinski definition) is 0. The number of rotatable bonds is 2. The highest BCUT2D eigenvalue weighted by Crippen LogP contribution is 1.81. The minimum Gasteiger partial charge on any atom is -1.00 e. The van der Waals surface area contributed by atoms with Crippen molar-refractivity contribution in [3.05, 3.63) is 25.3 Å². The monoisotopic (exact) mass is 212 g/mol. The zero-order valence-electron chi connectivity index (χ0n) is 6.07. The van der Waals surface area contributed by atoms with Crippen molar-refractivity contribution in [3.8, 4) is 12.3 Å². The van der Waals surface area contributed by atoms with Gasteiger partial charge < -0.3 is 17.0 Å². The first-order valence-electron chi connectivity index (χ1n) is 2.99. The van der Waals surface area contributed by atoms with Crippen LogP contribution in [0.4, 0.5) is 0 Å². The third-order valence-corrected chi connectivity index (χ3v) is 1.20. The number of hydrogen-bond acceptors (Lipinski definition) is 0. The molecular weight excluding hydrogens is 204 g/mol. The van der Waals surface area contributed by atoms with E-state index in [1.807, 2.05) is 27.9 Å². The Morgan fingerprint density at radius 1 is 1.73 bits per heavy atom. The molecule has 1 aromatic rings. The van der Waals surface area contributed by atoms with Crippen LogP contribution >= 0.6 is 0 Å². The van der Waals surface area contributed by atoms with Crippen molar-refractivity contribution in [3.63, 3.8) is 0 Å². The highest BCUT2D eigenvalue weighted by molar-refractivity contribution is 4.95. The molecule has 0 saturated heterocycles. The number of terminal acetylenes is 1. The number of halogens is 1. The first kappa shape index (κ1) is 9.99. The standard InChI is InChI=1S/C8H9N2.BrH/c1-3-5-10-7-6-9(4-2)8-10;/h1,4,6-8H,2,5H2;1H/q+1;/p-1. The van der Waals surface area contributed by atoms with E-state index in [0.717, 1.165) is 0 Å². The fourth-order valence-corrected chi connectivity index (χ4v) is 0.718. The molecule has 0 aromatic carbocycles. The van der Waals surface area contributed by atoms with Crippen LogP contribution in [0.2, 0.25) is 0 Å². The van der Waals surface area contributed by atoms with Gasteiger partial charge in [-0.3, -0.25) is 0 Å². The second-order valence-electron chi connectivity index (χ2n) is 1.92. The van der Waals surface area contributed by atoms with Gasteiger partial charge in [0.05, 0.1) is 6.20 Å². The van der Waals surface area contributed by atoms with E-state index in [-0.39, 0.29) is 17.0 Å². The lowest BCUT2D eigenvalue weighted by atomic mass is 10.6. The van der Waals surface area contributed by atoms with Gasteiger partial charge in [0.15, 0.2) is 6.54 Å². The Kier molecular flexibility index (Phi) is 4.32. The minimum atomic E-state index is 0. The zero-order valence-corrected chi connectivity index (χ0v) is 7.66. The molecule has 0 aliphatic rings. The van der Waals surface area contributed by atoms with Crippen LogP contribution < -0.4 is 21.5 Å². The Bertz CT molecular complexity index is 270. The summed E-state index contributed by atoms with van der Waals surface area (Å²) in [6.07, 6.45) is 12.5. The molecule has 0 unspecified atom stereocenters. The first-order chi connectivity index (χ1) is 4.86. The van der Waals surface area contributed by atoms with Crippen LogP contribution in [0.1, 0.15) is 0 Å². The molecule has 0 bridgehead atoms. The van der Waals surface area contributed by atoms with E-state index in [4.69, 9.17) is 6.42 Å². The van der Waals surface area contributed by atoms with Crippen molar-refractivity contribution in [2.75, 3.05) is 0 Å². The average molecular weight is 213 g/mol. The molecule has 0 aliphatic carbocycles. The van der Waals surface area contributed by atoms with E-state index < -0.39 is 0 Å². The van der Waals surface area contributed by atoms with Gasteiger partial charge in [0.25, 0.3) is 0 Å². The molecule has 0 spiro atoms. The molecule has 1 heterocycles. The predicted molar refractivity (Wildman–Crippen MR) is 39.8 cm³/mol. The Hall–Kier alpha value is -1.01. The minimum absolute atomic E-state index is 0. The summed E-state index contributed by atoms with van der Waals surface area (Å²) in [5.74, 6) is 2.54. The van der Waals surface area contributed by atoms with E-state index in [9.17, 15) is 0 Å². The van der Waals surface area contributed by atoms with Crippen LogP contribution in [-0.2, 0) is 6.54 Å². The van der Waals surface area contributed by atoms with Gasteiger partial charge in [0, 0.05) is 0 Å². The average Bonchev–Trinajstić information content (AvgIpc) is 2.37.